The van der Waals surface area contributed by atoms with E-state index in [0.717, 1.165) is 129 Å². The largest absolute Gasteiger partial charge is 0.465 e. The molecule has 0 unspecified atom stereocenters. The highest BCUT2D eigenvalue weighted by atomic mass is 16.6. The zero-order valence-electron chi connectivity index (χ0n) is 34.3. The summed E-state index contributed by atoms with van der Waals surface area (Å²) >= 11 is 0. The van der Waals surface area contributed by atoms with Gasteiger partial charge in [-0.15, -0.1) is 0 Å². The first-order valence-electron chi connectivity index (χ1n) is 20.8. The number of ether oxygens (including phenoxy) is 4. The molecule has 0 bridgehead atoms. The van der Waals surface area contributed by atoms with Crippen LogP contribution in [0.15, 0.2) is 0 Å². The number of unbranched alkanes of at least 4 members (excludes halogenated alkanes) is 7. The van der Waals surface area contributed by atoms with Gasteiger partial charge < -0.3 is 23.8 Å². The van der Waals surface area contributed by atoms with Crippen molar-refractivity contribution in [1.29, 1.82) is 0 Å². The minimum absolute atomic E-state index is 0.182. The summed E-state index contributed by atoms with van der Waals surface area (Å²) in [7, 11) is 3.99. The molecule has 0 aromatic rings. The number of carbonyl (C=O) groups excluding carboxylic acids is 4. The first kappa shape index (κ1) is 48.8. The summed E-state index contributed by atoms with van der Waals surface area (Å²) in [6, 6.07) is 0. The van der Waals surface area contributed by atoms with Crippen LogP contribution in [0.1, 0.15) is 176 Å². The molecule has 0 saturated heterocycles. The van der Waals surface area contributed by atoms with Crippen LogP contribution in [0.5, 0.6) is 0 Å². The van der Waals surface area contributed by atoms with Crippen LogP contribution in [0, 0.1) is 23.2 Å². The molecule has 9 nitrogen and oxygen atoms in total. The van der Waals surface area contributed by atoms with Crippen molar-refractivity contribution >= 4 is 23.9 Å². The minimum atomic E-state index is -1.24. The number of nitrogens with zero attached hydrogens (tertiary/aromatic N) is 1. The molecule has 9 heteroatoms. The molecule has 0 atom stereocenters. The van der Waals surface area contributed by atoms with E-state index < -0.39 is 5.41 Å². The van der Waals surface area contributed by atoms with Crippen LogP contribution in [-0.2, 0) is 38.1 Å². The van der Waals surface area contributed by atoms with Crippen LogP contribution >= 0.6 is 0 Å². The zero-order valence-corrected chi connectivity index (χ0v) is 34.3. The molecule has 51 heavy (non-hydrogen) atoms. The molecule has 0 aliphatic carbocycles. The highest BCUT2D eigenvalue weighted by Gasteiger charge is 2.40. The number of rotatable bonds is 34. The van der Waals surface area contributed by atoms with E-state index in [4.69, 9.17) is 18.9 Å². The second kappa shape index (κ2) is 31.4. The van der Waals surface area contributed by atoms with Gasteiger partial charge in [-0.05, 0) is 72.0 Å². The lowest BCUT2D eigenvalue weighted by atomic mass is 9.90. The lowest BCUT2D eigenvalue weighted by Gasteiger charge is -2.33. The van der Waals surface area contributed by atoms with Gasteiger partial charge in [-0.3, -0.25) is 19.2 Å². The smallest absolute Gasteiger partial charge is 0.308 e. The minimum Gasteiger partial charge on any atom is -0.465 e. The van der Waals surface area contributed by atoms with Gasteiger partial charge in [-0.2, -0.15) is 0 Å². The van der Waals surface area contributed by atoms with Gasteiger partial charge >= 0.3 is 23.9 Å². The summed E-state index contributed by atoms with van der Waals surface area (Å²) in [5.74, 6) is -2.02. The average Bonchev–Trinajstić information content (AvgIpc) is 3.12. The highest BCUT2D eigenvalue weighted by molar-refractivity contribution is 5.74. The second-order valence-corrected chi connectivity index (χ2v) is 15.2. The first-order chi connectivity index (χ1) is 24.5. The summed E-state index contributed by atoms with van der Waals surface area (Å²) in [5.41, 5.74) is -1.24. The van der Waals surface area contributed by atoms with Crippen LogP contribution in [0.3, 0.4) is 0 Å². The normalized spacial score (nSPS) is 11.8. The Kier molecular flexibility index (Phi) is 30.0. The van der Waals surface area contributed by atoms with Crippen LogP contribution in [0.4, 0.5) is 0 Å². The average molecular weight is 726 g/mol. The maximum Gasteiger partial charge on any atom is 0.308 e. The number of hydrogen-bond donors (Lipinski definition) is 0. The van der Waals surface area contributed by atoms with Crippen LogP contribution in [-0.4, -0.2) is 75.8 Å². The molecule has 0 aromatic carbocycles. The predicted molar refractivity (Wildman–Crippen MR) is 206 cm³/mol. The van der Waals surface area contributed by atoms with Crippen molar-refractivity contribution in [2.45, 2.75) is 176 Å². The summed E-state index contributed by atoms with van der Waals surface area (Å²) in [4.78, 5) is 55.9. The van der Waals surface area contributed by atoms with E-state index in [1.807, 2.05) is 14.1 Å². The molecule has 0 amide bonds. The fourth-order valence-electron chi connectivity index (χ4n) is 6.12. The van der Waals surface area contributed by atoms with E-state index in [1.54, 1.807) is 0 Å². The molecule has 0 spiro atoms. The molecule has 0 aliphatic heterocycles. The third-order valence-corrected chi connectivity index (χ3v) is 9.77. The van der Waals surface area contributed by atoms with Crippen molar-refractivity contribution < 1.29 is 38.1 Å². The Morgan fingerprint density at radius 1 is 0.451 bits per heavy atom. The Bertz CT molecular complexity index is 795. The van der Waals surface area contributed by atoms with E-state index in [1.165, 1.54) is 0 Å². The van der Waals surface area contributed by atoms with Gasteiger partial charge in [0.2, 0.25) is 0 Å². The summed E-state index contributed by atoms with van der Waals surface area (Å²) < 4.78 is 24.0. The van der Waals surface area contributed by atoms with Gasteiger partial charge in [-0.1, -0.05) is 119 Å². The van der Waals surface area contributed by atoms with Gasteiger partial charge in [-0.25, -0.2) is 0 Å². The third kappa shape index (κ3) is 23.9. The third-order valence-electron chi connectivity index (χ3n) is 9.77. The second-order valence-electron chi connectivity index (χ2n) is 15.2. The van der Waals surface area contributed by atoms with Crippen molar-refractivity contribution in [3.63, 3.8) is 0 Å². The zero-order chi connectivity index (χ0) is 38.3. The first-order valence-corrected chi connectivity index (χ1v) is 20.8. The lowest BCUT2D eigenvalue weighted by Crippen LogP contribution is -2.45. The SMILES string of the molecule is CCCCC(CCCC)C(=O)OCC(COC(=O)CCCCN(C)C)(COC(=O)C(CCCC)CCCC)COC(=O)C(CCCC)CCCC. The molecule has 0 saturated carbocycles. The van der Waals surface area contributed by atoms with Crippen molar-refractivity contribution in [3.05, 3.63) is 0 Å². The molecular formula is C42H79NO8. The van der Waals surface area contributed by atoms with Gasteiger partial charge in [0.15, 0.2) is 0 Å². The van der Waals surface area contributed by atoms with E-state index in [9.17, 15) is 19.2 Å². The summed E-state index contributed by atoms with van der Waals surface area (Å²) in [6.07, 6.45) is 17.6. The Hall–Kier alpha value is -2.16. The molecule has 0 aromatic heterocycles. The van der Waals surface area contributed by atoms with Gasteiger partial charge in [0.25, 0.3) is 0 Å². The van der Waals surface area contributed by atoms with E-state index in [2.05, 4.69) is 46.4 Å². The summed E-state index contributed by atoms with van der Waals surface area (Å²) in [6.45, 7) is 12.8. The van der Waals surface area contributed by atoms with Crippen LogP contribution in [0.25, 0.3) is 0 Å². The summed E-state index contributed by atoms with van der Waals surface area (Å²) in [5, 5.41) is 0. The quantitative estimate of drug-likeness (QED) is 0.0364. The van der Waals surface area contributed by atoms with Crippen molar-refractivity contribution in [2.75, 3.05) is 47.1 Å². The molecule has 0 fully saturated rings. The van der Waals surface area contributed by atoms with Crippen molar-refractivity contribution in [2.24, 2.45) is 23.2 Å². The molecule has 0 N–H and O–H groups in total. The molecule has 300 valence electrons. The molecule has 0 heterocycles. The van der Waals surface area contributed by atoms with Gasteiger partial charge in [0.1, 0.15) is 31.8 Å². The fraction of sp³-hybridized carbons (Fsp3) is 0.905. The Morgan fingerprint density at radius 3 is 1.02 bits per heavy atom. The fourth-order valence-corrected chi connectivity index (χ4v) is 6.12. The van der Waals surface area contributed by atoms with E-state index in [-0.39, 0.29) is 74.5 Å². The molecule has 0 aliphatic rings. The van der Waals surface area contributed by atoms with E-state index >= 15 is 0 Å². The maximum atomic E-state index is 13.6. The van der Waals surface area contributed by atoms with Crippen molar-refractivity contribution in [1.82, 2.24) is 4.90 Å². The van der Waals surface area contributed by atoms with Crippen LogP contribution in [0.2, 0.25) is 0 Å². The number of hydrogen-bond acceptors (Lipinski definition) is 9. The maximum absolute atomic E-state index is 13.6. The molecular weight excluding hydrogens is 646 g/mol. The predicted octanol–water partition coefficient (Wildman–Crippen LogP) is 9.87. The topological polar surface area (TPSA) is 108 Å². The standard InChI is InChI=1S/C42H79NO8/c1-9-15-23-35(24-16-10-2)39(45)49-32-42(31-48-38(44)29-21-22-30-43(7)8,33-50-40(46)36(25-17-11-3)26-18-12-4)34-51-41(47)37(27-19-13-5)28-20-14-6/h35-37H,9-34H2,1-8H3. The number of carbonyl (C=O) groups is 4. The van der Waals surface area contributed by atoms with Crippen molar-refractivity contribution in [3.8, 4) is 0 Å². The Balaban J connectivity index is 6.45. The lowest BCUT2D eigenvalue weighted by molar-refractivity contribution is -0.175. The van der Waals surface area contributed by atoms with E-state index in [0.29, 0.717) is 6.42 Å². The number of esters is 4. The Labute approximate surface area is 313 Å². The Morgan fingerprint density at radius 2 is 0.745 bits per heavy atom. The monoisotopic (exact) mass is 726 g/mol. The highest BCUT2D eigenvalue weighted by Crippen LogP contribution is 2.28. The van der Waals surface area contributed by atoms with Gasteiger partial charge in [0.05, 0.1) is 17.8 Å². The molecule has 0 rings (SSSR count). The van der Waals surface area contributed by atoms with Crippen LogP contribution < -0.4 is 0 Å². The molecule has 0 radical (unpaired) electrons. The van der Waals surface area contributed by atoms with Gasteiger partial charge in [0, 0.05) is 6.42 Å².